The third-order valence-electron chi connectivity index (χ3n) is 7.47. The Balaban J connectivity index is 1.90. The Hall–Kier alpha value is -4.41. The number of primary amides is 1. The highest BCUT2D eigenvalue weighted by Gasteiger charge is 2.26. The average Bonchev–Trinajstić information content (AvgIpc) is 3.03. The van der Waals surface area contributed by atoms with Crippen LogP contribution in [0, 0.1) is 6.92 Å². The molecule has 0 saturated carbocycles. The molecule has 0 bridgehead atoms. The molecule has 10 heteroatoms. The number of nitrogens with zero attached hydrogens (tertiary/aromatic N) is 1. The SMILES string of the molecule is CCCN(CCC)C(=O)c1cc(C(N)=O)cc(C(=O)NC(Cc2cc(C)ccc2OC)C(O)CNCc2cccc(OC)c2)c1. The van der Waals surface area contributed by atoms with Gasteiger partial charge in [0.25, 0.3) is 11.8 Å². The van der Waals surface area contributed by atoms with Crippen molar-refractivity contribution in [2.75, 3.05) is 33.9 Å². The van der Waals surface area contributed by atoms with Gasteiger partial charge in [0, 0.05) is 42.9 Å². The molecule has 0 spiro atoms. The smallest absolute Gasteiger partial charge is 0.253 e. The van der Waals surface area contributed by atoms with Crippen LogP contribution in [-0.2, 0) is 13.0 Å². The molecule has 45 heavy (non-hydrogen) atoms. The Morgan fingerprint density at radius 1 is 0.911 bits per heavy atom. The van der Waals surface area contributed by atoms with E-state index < -0.39 is 24.0 Å². The number of hydrogen-bond donors (Lipinski definition) is 4. The summed E-state index contributed by atoms with van der Waals surface area (Å²) in [4.78, 5) is 41.1. The van der Waals surface area contributed by atoms with Crippen molar-refractivity contribution in [2.45, 2.75) is 58.7 Å². The van der Waals surface area contributed by atoms with E-state index >= 15 is 0 Å². The highest BCUT2D eigenvalue weighted by molar-refractivity contribution is 6.04. The molecule has 3 rings (SSSR count). The Bertz CT molecular complexity index is 1450. The molecule has 2 unspecified atom stereocenters. The Morgan fingerprint density at radius 2 is 1.60 bits per heavy atom. The Morgan fingerprint density at radius 3 is 2.24 bits per heavy atom. The summed E-state index contributed by atoms with van der Waals surface area (Å²) in [5, 5.41) is 17.6. The number of methoxy groups -OCH3 is 2. The van der Waals surface area contributed by atoms with Crippen LogP contribution in [-0.4, -0.2) is 73.7 Å². The second-order valence-corrected chi connectivity index (χ2v) is 11.1. The molecule has 10 nitrogen and oxygen atoms in total. The standard InChI is InChI=1S/C35H46N4O6/c1-6-13-39(14-7-2)35(43)28-18-26(33(36)41)17-27(19-28)34(42)38-30(20-25-15-23(3)11-12-32(25)45-5)31(40)22-37-21-24-9-8-10-29(16-24)44-4/h8-12,15-19,30-31,37,40H,6-7,13-14,20-22H2,1-5H3,(H2,36,41)(H,38,42). The van der Waals surface area contributed by atoms with E-state index in [-0.39, 0.29) is 35.6 Å². The largest absolute Gasteiger partial charge is 0.497 e. The van der Waals surface area contributed by atoms with Crippen molar-refractivity contribution in [3.8, 4) is 11.5 Å². The first-order chi connectivity index (χ1) is 21.6. The van der Waals surface area contributed by atoms with Gasteiger partial charge < -0.3 is 35.8 Å². The zero-order chi connectivity index (χ0) is 32.9. The van der Waals surface area contributed by atoms with E-state index in [4.69, 9.17) is 15.2 Å². The van der Waals surface area contributed by atoms with Crippen molar-refractivity contribution in [3.63, 3.8) is 0 Å². The van der Waals surface area contributed by atoms with Crippen LogP contribution >= 0.6 is 0 Å². The van der Waals surface area contributed by atoms with Crippen LogP contribution < -0.4 is 25.8 Å². The maximum Gasteiger partial charge on any atom is 0.253 e. The molecule has 3 aromatic rings. The number of ether oxygens (including phenoxy) is 2. The van der Waals surface area contributed by atoms with Crippen molar-refractivity contribution in [1.29, 1.82) is 0 Å². The zero-order valence-corrected chi connectivity index (χ0v) is 26.9. The predicted octanol–water partition coefficient (Wildman–Crippen LogP) is 3.87. The van der Waals surface area contributed by atoms with Gasteiger partial charge in [-0.2, -0.15) is 0 Å². The first kappa shape index (κ1) is 35.1. The molecule has 3 amide bonds. The molecule has 3 aromatic carbocycles. The fraction of sp³-hybridized carbons (Fsp3) is 0.400. The van der Waals surface area contributed by atoms with Crippen molar-refractivity contribution in [1.82, 2.24) is 15.5 Å². The number of carbonyl (C=O) groups excluding carboxylic acids is 3. The van der Waals surface area contributed by atoms with Gasteiger partial charge in [-0.15, -0.1) is 0 Å². The molecule has 0 aromatic heterocycles. The number of aryl methyl sites for hydroxylation is 1. The second-order valence-electron chi connectivity index (χ2n) is 11.1. The van der Waals surface area contributed by atoms with Crippen LogP contribution in [0.2, 0.25) is 0 Å². The molecule has 0 aliphatic heterocycles. The second kappa shape index (κ2) is 17.2. The van der Waals surface area contributed by atoms with E-state index in [2.05, 4.69) is 10.6 Å². The average molecular weight is 619 g/mol. The van der Waals surface area contributed by atoms with Gasteiger partial charge in [-0.25, -0.2) is 0 Å². The number of nitrogens with one attached hydrogen (secondary N) is 2. The summed E-state index contributed by atoms with van der Waals surface area (Å²) in [5.41, 5.74) is 8.74. The normalized spacial score (nSPS) is 12.2. The van der Waals surface area contributed by atoms with Crippen molar-refractivity contribution in [2.24, 2.45) is 5.73 Å². The maximum absolute atomic E-state index is 13.7. The monoisotopic (exact) mass is 618 g/mol. The molecule has 0 radical (unpaired) electrons. The summed E-state index contributed by atoms with van der Waals surface area (Å²) in [6.45, 7) is 7.65. The van der Waals surface area contributed by atoms with E-state index in [0.29, 0.717) is 25.4 Å². The quantitative estimate of drug-likeness (QED) is 0.180. The van der Waals surface area contributed by atoms with E-state index in [1.54, 1.807) is 19.1 Å². The van der Waals surface area contributed by atoms with Gasteiger partial charge in [-0.1, -0.05) is 43.7 Å². The van der Waals surface area contributed by atoms with Crippen molar-refractivity contribution in [3.05, 3.63) is 94.0 Å². The Kier molecular flexibility index (Phi) is 13.4. The van der Waals surface area contributed by atoms with Gasteiger partial charge in [-0.05, 0) is 73.7 Å². The Labute approximate surface area is 265 Å². The highest BCUT2D eigenvalue weighted by Crippen LogP contribution is 2.23. The number of hydrogen-bond acceptors (Lipinski definition) is 7. The van der Waals surface area contributed by atoms with Crippen LogP contribution in [0.1, 0.15) is 74.5 Å². The first-order valence-corrected chi connectivity index (χ1v) is 15.3. The number of aliphatic hydroxyl groups is 1. The molecule has 0 saturated heterocycles. The summed E-state index contributed by atoms with van der Waals surface area (Å²) in [5.74, 6) is -0.215. The van der Waals surface area contributed by atoms with Gasteiger partial charge in [-0.3, -0.25) is 14.4 Å². The first-order valence-electron chi connectivity index (χ1n) is 15.3. The van der Waals surface area contributed by atoms with E-state index in [1.807, 2.05) is 63.2 Å². The van der Waals surface area contributed by atoms with Gasteiger partial charge >= 0.3 is 0 Å². The van der Waals surface area contributed by atoms with E-state index in [0.717, 1.165) is 35.3 Å². The summed E-state index contributed by atoms with van der Waals surface area (Å²) in [7, 11) is 3.18. The lowest BCUT2D eigenvalue weighted by atomic mass is 9.97. The highest BCUT2D eigenvalue weighted by atomic mass is 16.5. The molecule has 0 aliphatic rings. The van der Waals surface area contributed by atoms with Gasteiger partial charge in [0.2, 0.25) is 5.91 Å². The van der Waals surface area contributed by atoms with Crippen LogP contribution in [0.15, 0.2) is 60.7 Å². The minimum absolute atomic E-state index is 0.0522. The molecule has 5 N–H and O–H groups in total. The zero-order valence-electron chi connectivity index (χ0n) is 26.9. The van der Waals surface area contributed by atoms with Crippen LogP contribution in [0.4, 0.5) is 0 Å². The fourth-order valence-corrected chi connectivity index (χ4v) is 5.19. The minimum atomic E-state index is -1.00. The van der Waals surface area contributed by atoms with Gasteiger partial charge in [0.05, 0.1) is 26.4 Å². The topological polar surface area (TPSA) is 143 Å². The summed E-state index contributed by atoms with van der Waals surface area (Å²) in [6.07, 6.45) is 0.792. The molecular weight excluding hydrogens is 572 g/mol. The number of amides is 3. The lowest BCUT2D eigenvalue weighted by Crippen LogP contribution is -2.48. The lowest BCUT2D eigenvalue weighted by molar-refractivity contribution is 0.0755. The lowest BCUT2D eigenvalue weighted by Gasteiger charge is -2.26. The minimum Gasteiger partial charge on any atom is -0.497 e. The predicted molar refractivity (Wildman–Crippen MR) is 175 cm³/mol. The molecule has 0 aliphatic carbocycles. The van der Waals surface area contributed by atoms with Crippen LogP contribution in [0.25, 0.3) is 0 Å². The fourth-order valence-electron chi connectivity index (χ4n) is 5.19. The van der Waals surface area contributed by atoms with Crippen molar-refractivity contribution >= 4 is 17.7 Å². The van der Waals surface area contributed by atoms with E-state index in [9.17, 15) is 19.5 Å². The van der Waals surface area contributed by atoms with Crippen molar-refractivity contribution < 1.29 is 29.0 Å². The number of benzene rings is 3. The number of aliphatic hydroxyl groups excluding tert-OH is 1. The number of rotatable bonds is 17. The van der Waals surface area contributed by atoms with Crippen LogP contribution in [0.3, 0.4) is 0 Å². The molecule has 242 valence electrons. The summed E-state index contributed by atoms with van der Waals surface area (Å²) in [6, 6.07) is 16.9. The summed E-state index contributed by atoms with van der Waals surface area (Å²) >= 11 is 0. The third kappa shape index (κ3) is 10.1. The van der Waals surface area contributed by atoms with Gasteiger partial charge in [0.1, 0.15) is 11.5 Å². The maximum atomic E-state index is 13.7. The van der Waals surface area contributed by atoms with Crippen LogP contribution in [0.5, 0.6) is 11.5 Å². The van der Waals surface area contributed by atoms with E-state index in [1.165, 1.54) is 18.2 Å². The molecular formula is C35H46N4O6. The molecule has 0 fully saturated rings. The van der Waals surface area contributed by atoms with Gasteiger partial charge in [0.15, 0.2) is 0 Å². The molecule has 2 atom stereocenters. The number of carbonyl (C=O) groups is 3. The molecule has 0 heterocycles. The third-order valence-corrected chi connectivity index (χ3v) is 7.47. The number of nitrogens with two attached hydrogens (primary N) is 1. The summed E-state index contributed by atoms with van der Waals surface area (Å²) < 4.78 is 10.9.